The summed E-state index contributed by atoms with van der Waals surface area (Å²) < 4.78 is 0. The van der Waals surface area contributed by atoms with Gasteiger partial charge in [-0.1, -0.05) is 37.0 Å². The van der Waals surface area contributed by atoms with E-state index in [9.17, 15) is 4.79 Å². The van der Waals surface area contributed by atoms with Crippen molar-refractivity contribution in [2.45, 2.75) is 33.1 Å². The van der Waals surface area contributed by atoms with Crippen LogP contribution in [-0.2, 0) is 0 Å². The molecule has 0 spiro atoms. The molecule has 1 aliphatic rings. The number of carbonyl (C=O) groups is 1. The molecule has 0 atom stereocenters. The van der Waals surface area contributed by atoms with E-state index in [1.54, 1.807) is 12.1 Å². The zero-order valence-corrected chi connectivity index (χ0v) is 12.8. The molecule has 19 heavy (non-hydrogen) atoms. The Hall–Kier alpha value is -0.800. The molecule has 1 aromatic heterocycles. The van der Waals surface area contributed by atoms with Gasteiger partial charge >= 0.3 is 0 Å². The summed E-state index contributed by atoms with van der Waals surface area (Å²) in [6, 6.07) is 3.21. The number of likely N-dealkylation sites (tertiary alicyclic amines) is 1. The molecular weight excluding hydrogens is 283 g/mol. The Balaban J connectivity index is 2.20. The first-order valence-electron chi connectivity index (χ1n) is 6.62. The number of amides is 1. The lowest BCUT2D eigenvalue weighted by molar-refractivity contribution is 0.0764. The highest BCUT2D eigenvalue weighted by atomic mass is 35.5. The minimum absolute atomic E-state index is 0.115. The van der Waals surface area contributed by atoms with Crippen molar-refractivity contribution >= 4 is 29.1 Å². The number of aromatic nitrogens is 1. The van der Waals surface area contributed by atoms with Gasteiger partial charge in [0.2, 0.25) is 0 Å². The van der Waals surface area contributed by atoms with E-state index in [2.05, 4.69) is 18.8 Å². The maximum atomic E-state index is 12.5. The summed E-state index contributed by atoms with van der Waals surface area (Å²) in [4.78, 5) is 18.4. The highest BCUT2D eigenvalue weighted by molar-refractivity contribution is 6.34. The van der Waals surface area contributed by atoms with Crippen molar-refractivity contribution in [2.75, 3.05) is 13.1 Å². The van der Waals surface area contributed by atoms with E-state index in [0.29, 0.717) is 10.2 Å². The zero-order valence-electron chi connectivity index (χ0n) is 11.2. The van der Waals surface area contributed by atoms with Gasteiger partial charge in [0.05, 0.1) is 5.02 Å². The number of rotatable bonds is 3. The summed E-state index contributed by atoms with van der Waals surface area (Å²) in [6.45, 7) is 5.92. The van der Waals surface area contributed by atoms with Gasteiger partial charge in [-0.2, -0.15) is 0 Å². The Morgan fingerprint density at radius 1 is 1.37 bits per heavy atom. The van der Waals surface area contributed by atoms with Crippen LogP contribution >= 0.6 is 23.2 Å². The fraction of sp³-hybridized carbons (Fsp3) is 0.571. The number of hydrogen-bond donors (Lipinski definition) is 0. The van der Waals surface area contributed by atoms with Gasteiger partial charge < -0.3 is 4.90 Å². The van der Waals surface area contributed by atoms with Gasteiger partial charge in [0.15, 0.2) is 0 Å². The van der Waals surface area contributed by atoms with E-state index >= 15 is 0 Å². The second-order valence-electron chi connectivity index (χ2n) is 5.15. The molecule has 1 amide bonds. The second-order valence-corrected chi connectivity index (χ2v) is 5.94. The van der Waals surface area contributed by atoms with Crippen molar-refractivity contribution in [2.24, 2.45) is 5.41 Å². The van der Waals surface area contributed by atoms with Crippen molar-refractivity contribution in [1.29, 1.82) is 0 Å². The molecule has 0 unspecified atom stereocenters. The summed E-state index contributed by atoms with van der Waals surface area (Å²) in [7, 11) is 0. The van der Waals surface area contributed by atoms with Gasteiger partial charge in [-0.05, 0) is 36.8 Å². The van der Waals surface area contributed by atoms with Gasteiger partial charge in [-0.15, -0.1) is 0 Å². The summed E-state index contributed by atoms with van der Waals surface area (Å²) in [5, 5.41) is 0.657. The van der Waals surface area contributed by atoms with Crippen LogP contribution in [0.25, 0.3) is 0 Å². The van der Waals surface area contributed by atoms with Crippen LogP contribution in [0, 0.1) is 5.41 Å². The second kappa shape index (κ2) is 5.68. The SMILES string of the molecule is CCC1(CC)CCN(C(=O)c2nc(Cl)ccc2Cl)C1. The highest BCUT2D eigenvalue weighted by Crippen LogP contribution is 2.37. The molecule has 0 radical (unpaired) electrons. The predicted octanol–water partition coefficient (Wildman–Crippen LogP) is 4.04. The fourth-order valence-electron chi connectivity index (χ4n) is 2.65. The maximum absolute atomic E-state index is 12.5. The standard InChI is InChI=1S/C14H18Cl2N2O/c1-3-14(4-2)7-8-18(9-14)13(19)12-10(15)5-6-11(16)17-12/h5-6H,3-4,7-9H2,1-2H3. The van der Waals surface area contributed by atoms with E-state index in [-0.39, 0.29) is 17.0 Å². The quantitative estimate of drug-likeness (QED) is 0.789. The summed E-state index contributed by atoms with van der Waals surface area (Å²) >= 11 is 11.9. The van der Waals surface area contributed by atoms with E-state index in [0.717, 1.165) is 32.4 Å². The topological polar surface area (TPSA) is 33.2 Å². The monoisotopic (exact) mass is 300 g/mol. The van der Waals surface area contributed by atoms with Crippen LogP contribution in [0.2, 0.25) is 10.2 Å². The molecule has 1 saturated heterocycles. The van der Waals surface area contributed by atoms with Gasteiger partial charge in [0.25, 0.3) is 5.91 Å². The predicted molar refractivity (Wildman–Crippen MR) is 77.8 cm³/mol. The minimum Gasteiger partial charge on any atom is -0.337 e. The normalized spacial score (nSPS) is 17.8. The number of halogens is 2. The van der Waals surface area contributed by atoms with Crippen LogP contribution < -0.4 is 0 Å². The number of nitrogens with zero attached hydrogens (tertiary/aromatic N) is 2. The van der Waals surface area contributed by atoms with Crippen LogP contribution in [0.4, 0.5) is 0 Å². The third-order valence-electron chi connectivity index (χ3n) is 4.24. The molecule has 104 valence electrons. The summed E-state index contributed by atoms with van der Waals surface area (Å²) in [5.74, 6) is -0.115. The van der Waals surface area contributed by atoms with E-state index in [4.69, 9.17) is 23.2 Å². The Labute approximate surface area is 123 Å². The molecule has 2 rings (SSSR count). The van der Waals surface area contributed by atoms with E-state index < -0.39 is 0 Å². The van der Waals surface area contributed by atoms with Gasteiger partial charge in [0.1, 0.15) is 10.8 Å². The lowest BCUT2D eigenvalue weighted by atomic mass is 9.82. The highest BCUT2D eigenvalue weighted by Gasteiger charge is 2.38. The first kappa shape index (κ1) is 14.6. The molecule has 1 fully saturated rings. The molecule has 0 aliphatic carbocycles. The molecule has 3 nitrogen and oxygen atoms in total. The fourth-order valence-corrected chi connectivity index (χ4v) is 2.99. The molecule has 0 N–H and O–H groups in total. The van der Waals surface area contributed by atoms with Crippen molar-refractivity contribution in [3.8, 4) is 0 Å². The molecule has 0 saturated carbocycles. The van der Waals surface area contributed by atoms with E-state index in [1.807, 2.05) is 4.90 Å². The third-order valence-corrected chi connectivity index (χ3v) is 4.76. The van der Waals surface area contributed by atoms with Crippen LogP contribution in [0.5, 0.6) is 0 Å². The van der Waals surface area contributed by atoms with Crippen LogP contribution in [0.1, 0.15) is 43.6 Å². The van der Waals surface area contributed by atoms with Crippen molar-refractivity contribution in [3.63, 3.8) is 0 Å². The largest absolute Gasteiger partial charge is 0.337 e. The Morgan fingerprint density at radius 3 is 2.63 bits per heavy atom. The lowest BCUT2D eigenvalue weighted by Crippen LogP contribution is -2.32. The minimum atomic E-state index is -0.115. The smallest absolute Gasteiger partial charge is 0.274 e. The van der Waals surface area contributed by atoms with Gasteiger partial charge in [-0.3, -0.25) is 4.79 Å². The van der Waals surface area contributed by atoms with Crippen molar-refractivity contribution < 1.29 is 4.79 Å². The Morgan fingerprint density at radius 2 is 2.05 bits per heavy atom. The summed E-state index contributed by atoms with van der Waals surface area (Å²) in [5.41, 5.74) is 0.512. The first-order valence-corrected chi connectivity index (χ1v) is 7.38. The van der Waals surface area contributed by atoms with E-state index in [1.165, 1.54) is 0 Å². The Kier molecular flexibility index (Phi) is 4.36. The third kappa shape index (κ3) is 2.87. The average molecular weight is 301 g/mol. The molecule has 0 bridgehead atoms. The molecule has 1 aromatic rings. The molecule has 1 aliphatic heterocycles. The molecule has 5 heteroatoms. The zero-order chi connectivity index (χ0) is 14.0. The number of pyridine rings is 1. The van der Waals surface area contributed by atoms with Gasteiger partial charge in [-0.25, -0.2) is 4.98 Å². The van der Waals surface area contributed by atoms with Crippen LogP contribution in [-0.4, -0.2) is 28.9 Å². The van der Waals surface area contributed by atoms with Crippen molar-refractivity contribution in [3.05, 3.63) is 28.0 Å². The molecule has 2 heterocycles. The van der Waals surface area contributed by atoms with Gasteiger partial charge in [0, 0.05) is 13.1 Å². The van der Waals surface area contributed by atoms with Crippen LogP contribution in [0.3, 0.4) is 0 Å². The summed E-state index contributed by atoms with van der Waals surface area (Å²) in [6.07, 6.45) is 3.22. The molecule has 0 aromatic carbocycles. The first-order chi connectivity index (χ1) is 9.01. The maximum Gasteiger partial charge on any atom is 0.274 e. The lowest BCUT2D eigenvalue weighted by Gasteiger charge is -2.26. The number of carbonyl (C=O) groups excluding carboxylic acids is 1. The Bertz CT molecular complexity index is 486. The van der Waals surface area contributed by atoms with Crippen LogP contribution in [0.15, 0.2) is 12.1 Å². The van der Waals surface area contributed by atoms with Crippen molar-refractivity contribution in [1.82, 2.24) is 9.88 Å². The number of hydrogen-bond acceptors (Lipinski definition) is 2. The average Bonchev–Trinajstić information content (AvgIpc) is 2.86. The molecular formula is C14H18Cl2N2O.